The van der Waals surface area contributed by atoms with Crippen LogP contribution in [-0.4, -0.2) is 17.2 Å². The first-order valence-electron chi connectivity index (χ1n) is 2.13. The molecule has 0 spiro atoms. The summed E-state index contributed by atoms with van der Waals surface area (Å²) in [4.78, 5) is 10.1. The lowest BCUT2D eigenvalue weighted by Crippen LogP contribution is -2.10. The van der Waals surface area contributed by atoms with Crippen LogP contribution in [0.15, 0.2) is 0 Å². The minimum atomic E-state index is -0.365. The third kappa shape index (κ3) is 4.33. The fraction of sp³-hybridized carbons (Fsp3) is 0.750. The molecule has 8 heavy (non-hydrogen) atoms. The van der Waals surface area contributed by atoms with Crippen molar-refractivity contribution in [3.05, 3.63) is 0 Å². The van der Waals surface area contributed by atoms with Gasteiger partial charge in [-0.05, 0) is 0 Å². The Morgan fingerprint density at radius 1 is 1.88 bits per heavy atom. The molecule has 0 saturated carbocycles. The highest BCUT2D eigenvalue weighted by molar-refractivity contribution is 7.84. The number of thiol groups is 2. The molecule has 0 aliphatic heterocycles. The topological polar surface area (TPSA) is 26.3 Å². The Labute approximate surface area is 59.4 Å². The lowest BCUT2D eigenvalue weighted by atomic mass is 10.8. The molecule has 2 nitrogen and oxygen atoms in total. The van der Waals surface area contributed by atoms with Crippen LogP contribution in [0.1, 0.15) is 6.92 Å². The number of carbonyl (C=O) groups excluding carboxylic acids is 1. The van der Waals surface area contributed by atoms with Crippen LogP contribution in [0.4, 0.5) is 0 Å². The van der Waals surface area contributed by atoms with Gasteiger partial charge in [0.2, 0.25) is 0 Å². The molecule has 0 N–H and O–H groups in total. The largest absolute Gasteiger partial charge is 0.451 e. The van der Waals surface area contributed by atoms with Gasteiger partial charge in [-0.25, -0.2) is 0 Å². The summed E-state index contributed by atoms with van der Waals surface area (Å²) in [5.41, 5.74) is -0.365. The van der Waals surface area contributed by atoms with Crippen LogP contribution >= 0.6 is 25.3 Å². The van der Waals surface area contributed by atoms with Crippen LogP contribution in [0, 0.1) is 0 Å². The highest BCUT2D eigenvalue weighted by atomic mass is 32.1. The summed E-state index contributed by atoms with van der Waals surface area (Å²) in [6.07, 6.45) is 0. The van der Waals surface area contributed by atoms with E-state index >= 15 is 0 Å². The summed E-state index contributed by atoms with van der Waals surface area (Å²) < 4.78 is 4.55. The molecule has 0 amide bonds. The summed E-state index contributed by atoms with van der Waals surface area (Å²) in [5.74, 6) is 0.127. The molecule has 0 heterocycles. The first kappa shape index (κ1) is 8.17. The van der Waals surface area contributed by atoms with Gasteiger partial charge in [-0.2, -0.15) is 12.6 Å². The molecule has 0 bridgehead atoms. The Morgan fingerprint density at radius 2 is 2.38 bits per heavy atom. The Bertz CT molecular complexity index is 84.1. The first-order chi connectivity index (χ1) is 3.66. The minimum Gasteiger partial charge on any atom is -0.451 e. The van der Waals surface area contributed by atoms with Crippen LogP contribution < -0.4 is 0 Å². The maximum atomic E-state index is 10.1. The van der Waals surface area contributed by atoms with Gasteiger partial charge in [0.25, 0.3) is 0 Å². The number of esters is 1. The lowest BCUT2D eigenvalue weighted by molar-refractivity contribution is -0.141. The van der Waals surface area contributed by atoms with Gasteiger partial charge in [0.05, 0.1) is 0 Å². The molecule has 4 heteroatoms. The summed E-state index contributed by atoms with van der Waals surface area (Å²) in [6, 6.07) is 0. The monoisotopic (exact) mass is 152 g/mol. The van der Waals surface area contributed by atoms with Crippen molar-refractivity contribution in [2.75, 3.05) is 5.75 Å². The van der Waals surface area contributed by atoms with E-state index in [0.717, 1.165) is 0 Å². The second-order valence-corrected chi connectivity index (χ2v) is 2.19. The Balaban J connectivity index is 3.24. The summed E-state index contributed by atoms with van der Waals surface area (Å²) in [5, 5.41) is 0. The van der Waals surface area contributed by atoms with Gasteiger partial charge in [-0.15, -0.1) is 12.6 Å². The second-order valence-electron chi connectivity index (χ2n) is 1.25. The molecule has 0 radical (unpaired) electrons. The van der Waals surface area contributed by atoms with Gasteiger partial charge in [-0.1, -0.05) is 0 Å². The number of carbonyl (C=O) groups is 1. The second kappa shape index (κ2) is 4.09. The van der Waals surface area contributed by atoms with E-state index in [2.05, 4.69) is 30.0 Å². The third-order valence-corrected chi connectivity index (χ3v) is 1.37. The SMILES string of the molecule is CC(=O)OC(S)CS. The van der Waals surface area contributed by atoms with Crippen LogP contribution in [-0.2, 0) is 9.53 Å². The van der Waals surface area contributed by atoms with Crippen molar-refractivity contribution in [3.8, 4) is 0 Å². The highest BCUT2D eigenvalue weighted by Gasteiger charge is 2.00. The molecule has 0 aliphatic carbocycles. The molecular formula is C4H8O2S2. The number of ether oxygens (including phenoxy) is 1. The van der Waals surface area contributed by atoms with E-state index in [0.29, 0.717) is 5.75 Å². The van der Waals surface area contributed by atoms with Crippen molar-refractivity contribution in [3.63, 3.8) is 0 Å². The standard InChI is InChI=1S/C4H8O2S2/c1-3(5)6-4(8)2-7/h4,7-8H,2H2,1H3. The molecule has 0 rings (SSSR count). The molecule has 0 saturated heterocycles. The molecule has 0 fully saturated rings. The highest BCUT2D eigenvalue weighted by Crippen LogP contribution is 1.98. The van der Waals surface area contributed by atoms with E-state index in [9.17, 15) is 4.79 Å². The normalized spacial score (nSPS) is 12.9. The maximum Gasteiger partial charge on any atom is 0.303 e. The molecule has 1 unspecified atom stereocenters. The average molecular weight is 152 g/mol. The molecule has 48 valence electrons. The number of hydrogen-bond acceptors (Lipinski definition) is 4. The minimum absolute atomic E-state index is 0.320. The van der Waals surface area contributed by atoms with Crippen molar-refractivity contribution < 1.29 is 9.53 Å². The van der Waals surface area contributed by atoms with Crippen molar-refractivity contribution in [1.29, 1.82) is 0 Å². The first-order valence-corrected chi connectivity index (χ1v) is 3.28. The van der Waals surface area contributed by atoms with Crippen LogP contribution in [0.5, 0.6) is 0 Å². The summed E-state index contributed by atoms with van der Waals surface area (Å²) >= 11 is 7.69. The van der Waals surface area contributed by atoms with Crippen molar-refractivity contribution in [2.45, 2.75) is 12.4 Å². The molecule has 0 aliphatic rings. The van der Waals surface area contributed by atoms with E-state index in [4.69, 9.17) is 0 Å². The molecule has 1 atom stereocenters. The summed E-state index contributed by atoms with van der Waals surface area (Å²) in [6.45, 7) is 1.34. The van der Waals surface area contributed by atoms with E-state index < -0.39 is 0 Å². The fourth-order valence-electron chi connectivity index (χ4n) is 0.229. The third-order valence-electron chi connectivity index (χ3n) is 0.458. The van der Waals surface area contributed by atoms with E-state index in [1.807, 2.05) is 0 Å². The van der Waals surface area contributed by atoms with Gasteiger partial charge in [0.1, 0.15) is 0 Å². The predicted octanol–water partition coefficient (Wildman–Crippen LogP) is 0.735. The molecule has 0 aromatic carbocycles. The predicted molar refractivity (Wildman–Crippen MR) is 38.4 cm³/mol. The zero-order valence-corrected chi connectivity index (χ0v) is 6.28. The van der Waals surface area contributed by atoms with Gasteiger partial charge in [-0.3, -0.25) is 4.79 Å². The van der Waals surface area contributed by atoms with Gasteiger partial charge >= 0.3 is 5.97 Å². The van der Waals surface area contributed by atoms with Crippen molar-refractivity contribution >= 4 is 31.2 Å². The zero-order chi connectivity index (χ0) is 6.57. The van der Waals surface area contributed by atoms with Crippen molar-refractivity contribution in [1.82, 2.24) is 0 Å². The van der Waals surface area contributed by atoms with E-state index in [1.165, 1.54) is 6.92 Å². The van der Waals surface area contributed by atoms with Crippen molar-refractivity contribution in [2.24, 2.45) is 0 Å². The van der Waals surface area contributed by atoms with Crippen LogP contribution in [0.25, 0.3) is 0 Å². The number of hydrogen-bond donors (Lipinski definition) is 2. The average Bonchev–Trinajstić information content (AvgIpc) is 1.65. The van der Waals surface area contributed by atoms with E-state index in [-0.39, 0.29) is 11.4 Å². The zero-order valence-electron chi connectivity index (χ0n) is 4.50. The Kier molecular flexibility index (Phi) is 4.18. The Morgan fingerprint density at radius 3 is 2.50 bits per heavy atom. The Hall–Kier alpha value is 0.170. The quantitative estimate of drug-likeness (QED) is 0.347. The molecular weight excluding hydrogens is 144 g/mol. The summed E-state index contributed by atoms with van der Waals surface area (Å²) in [7, 11) is 0. The van der Waals surface area contributed by atoms with Gasteiger partial charge in [0.15, 0.2) is 5.44 Å². The maximum absolute atomic E-state index is 10.1. The molecule has 0 aromatic rings. The van der Waals surface area contributed by atoms with Gasteiger partial charge in [0, 0.05) is 12.7 Å². The van der Waals surface area contributed by atoms with Crippen LogP contribution in [0.2, 0.25) is 0 Å². The number of rotatable bonds is 2. The molecule has 0 aromatic heterocycles. The fourth-order valence-corrected chi connectivity index (χ4v) is 0.452. The lowest BCUT2D eigenvalue weighted by Gasteiger charge is -2.05. The van der Waals surface area contributed by atoms with Crippen LogP contribution in [0.3, 0.4) is 0 Å². The van der Waals surface area contributed by atoms with Gasteiger partial charge < -0.3 is 4.74 Å². The van der Waals surface area contributed by atoms with E-state index in [1.54, 1.807) is 0 Å². The smallest absolute Gasteiger partial charge is 0.303 e.